The zero-order valence-electron chi connectivity index (χ0n) is 32.8. The van der Waals surface area contributed by atoms with Gasteiger partial charge in [0, 0.05) is 67.9 Å². The lowest BCUT2D eigenvalue weighted by molar-refractivity contribution is 0.0125. The minimum atomic E-state index is -0.594. The molecule has 4 aliphatic heterocycles. The molecule has 0 spiro atoms. The third kappa shape index (κ3) is 7.59. The average molecular weight is 778 g/mol. The van der Waals surface area contributed by atoms with Gasteiger partial charge in [-0.1, -0.05) is 32.4 Å². The summed E-state index contributed by atoms with van der Waals surface area (Å²) >= 11 is 0.990. The predicted molar refractivity (Wildman–Crippen MR) is 212 cm³/mol. The number of aromatic nitrogens is 2. The van der Waals surface area contributed by atoms with E-state index in [9.17, 15) is 10.4 Å². The van der Waals surface area contributed by atoms with Crippen molar-refractivity contribution in [2.75, 3.05) is 69.7 Å². The molecule has 0 radical (unpaired) electrons. The largest absolute Gasteiger partial charge is 0.463 e. The number of aliphatic hydroxyl groups excluding tert-OH is 1. The molecule has 3 atom stereocenters. The van der Waals surface area contributed by atoms with E-state index in [0.717, 1.165) is 68.0 Å². The molecule has 11 nitrogen and oxygen atoms in total. The number of nitrogens with zero attached hydrogens (tertiary/aromatic N) is 6. The Morgan fingerprint density at radius 3 is 2.45 bits per heavy atom. The van der Waals surface area contributed by atoms with Crippen molar-refractivity contribution in [2.24, 2.45) is 5.41 Å². The number of fused-ring (bicyclic) bond motifs is 5. The molecule has 1 aromatic carbocycles. The van der Waals surface area contributed by atoms with Crippen LogP contribution in [0, 0.1) is 22.6 Å². The van der Waals surface area contributed by atoms with E-state index in [-0.39, 0.29) is 68.8 Å². The van der Waals surface area contributed by atoms with Crippen LogP contribution in [-0.4, -0.2) is 102 Å². The number of thiophene rings is 1. The molecule has 296 valence electrons. The van der Waals surface area contributed by atoms with Crippen molar-refractivity contribution in [1.29, 1.82) is 5.26 Å². The van der Waals surface area contributed by atoms with Crippen molar-refractivity contribution < 1.29 is 28.1 Å². The number of morpholine rings is 1. The van der Waals surface area contributed by atoms with Gasteiger partial charge >= 0.3 is 6.01 Å². The summed E-state index contributed by atoms with van der Waals surface area (Å²) in [5.41, 5.74) is 9.46. The van der Waals surface area contributed by atoms with Crippen LogP contribution in [0.25, 0.3) is 22.3 Å². The lowest BCUT2D eigenvalue weighted by atomic mass is 9.84. The molecule has 2 bridgehead atoms. The summed E-state index contributed by atoms with van der Waals surface area (Å²) in [6.45, 7) is 18.1. The first-order chi connectivity index (χ1) is 26.3. The number of anilines is 2. The fourth-order valence-electron chi connectivity index (χ4n) is 8.86. The van der Waals surface area contributed by atoms with E-state index in [1.165, 1.54) is 6.08 Å². The van der Waals surface area contributed by atoms with Crippen molar-refractivity contribution in [3.63, 3.8) is 0 Å². The maximum Gasteiger partial charge on any atom is 0.319 e. The first-order valence-corrected chi connectivity index (χ1v) is 20.3. The number of likely N-dealkylation sites (tertiary alicyclic amines) is 1. The third-order valence-corrected chi connectivity index (χ3v) is 12.4. The van der Waals surface area contributed by atoms with Crippen LogP contribution in [0.1, 0.15) is 93.5 Å². The Hall–Kier alpha value is -3.71. The zero-order chi connectivity index (χ0) is 39.2. The van der Waals surface area contributed by atoms with Crippen molar-refractivity contribution in [2.45, 2.75) is 92.2 Å². The van der Waals surface area contributed by atoms with Crippen LogP contribution in [0.2, 0.25) is 0 Å². The lowest BCUT2D eigenvalue weighted by Crippen LogP contribution is -2.55. The Labute approximate surface area is 326 Å². The molecule has 3 fully saturated rings. The van der Waals surface area contributed by atoms with Gasteiger partial charge in [0.05, 0.1) is 55.0 Å². The summed E-state index contributed by atoms with van der Waals surface area (Å²) in [7, 11) is 0. The number of benzene rings is 1. The first-order valence-electron chi connectivity index (χ1n) is 19.4. The van der Waals surface area contributed by atoms with Crippen LogP contribution < -0.4 is 15.4 Å². The quantitative estimate of drug-likeness (QED) is 0.205. The molecule has 0 amide bonds. The number of allylic oxidation sites excluding steroid dienone is 2. The Morgan fingerprint density at radius 1 is 1.13 bits per heavy atom. The van der Waals surface area contributed by atoms with E-state index in [1.54, 1.807) is 6.92 Å². The number of β-amino-alcohol motifs (C(OH)–C–C–N with tert-alkyl or cyclic N) is 1. The molecule has 0 aliphatic carbocycles. The Kier molecular flexibility index (Phi) is 11.5. The number of ether oxygens (including phenoxy) is 3. The monoisotopic (exact) mass is 777 g/mol. The van der Waals surface area contributed by atoms with Gasteiger partial charge < -0.3 is 30.0 Å². The van der Waals surface area contributed by atoms with E-state index in [2.05, 4.69) is 34.6 Å². The number of piperazine rings is 1. The summed E-state index contributed by atoms with van der Waals surface area (Å²) in [6, 6.07) is 2.47. The lowest BCUT2D eigenvalue weighted by Gasteiger charge is -2.42. The minimum absolute atomic E-state index is 0.0861. The number of halogens is 2. The van der Waals surface area contributed by atoms with Crippen LogP contribution in [0.5, 0.6) is 6.01 Å². The fourth-order valence-corrected chi connectivity index (χ4v) is 9.85. The molecule has 0 saturated carbocycles. The van der Waals surface area contributed by atoms with Crippen molar-refractivity contribution in [3.05, 3.63) is 50.2 Å². The van der Waals surface area contributed by atoms with Crippen molar-refractivity contribution >= 4 is 44.5 Å². The molecule has 7 rings (SSSR count). The van der Waals surface area contributed by atoms with E-state index in [4.69, 9.17) is 29.9 Å². The van der Waals surface area contributed by atoms with Gasteiger partial charge in [-0.05, 0) is 56.7 Å². The molecule has 3 unspecified atom stereocenters. The fraction of sp³-hybridized carbons (Fsp3) is 0.585. The van der Waals surface area contributed by atoms with Crippen LogP contribution in [0.15, 0.2) is 11.6 Å². The summed E-state index contributed by atoms with van der Waals surface area (Å²) < 4.78 is 51.8. The van der Waals surface area contributed by atoms with Gasteiger partial charge in [0.25, 0.3) is 0 Å². The Balaban J connectivity index is 1.42. The van der Waals surface area contributed by atoms with Gasteiger partial charge in [0.15, 0.2) is 5.82 Å². The second-order valence-electron chi connectivity index (χ2n) is 16.2. The van der Waals surface area contributed by atoms with E-state index < -0.39 is 17.7 Å². The summed E-state index contributed by atoms with van der Waals surface area (Å²) in [6.07, 6.45) is 3.27. The number of hydrogen-bond donors (Lipinski definition) is 2. The summed E-state index contributed by atoms with van der Waals surface area (Å²) in [5, 5.41) is 21.3. The van der Waals surface area contributed by atoms with Crippen LogP contribution >= 0.6 is 11.3 Å². The normalized spacial score (nSPS) is 21.9. The molecule has 14 heteroatoms. The zero-order valence-corrected chi connectivity index (χ0v) is 33.6. The first kappa shape index (κ1) is 39.5. The van der Waals surface area contributed by atoms with Gasteiger partial charge in [-0.2, -0.15) is 15.2 Å². The highest BCUT2D eigenvalue weighted by Crippen LogP contribution is 2.49. The molecule has 3 N–H and O–H groups in total. The Morgan fingerprint density at radius 2 is 1.82 bits per heavy atom. The van der Waals surface area contributed by atoms with Crippen LogP contribution in [0.3, 0.4) is 0 Å². The molecule has 6 heterocycles. The molecular formula is C41H53F2N7O4S. The second kappa shape index (κ2) is 16.0. The topological polar surface area (TPSA) is 133 Å². The van der Waals surface area contributed by atoms with Gasteiger partial charge in [0.2, 0.25) is 0 Å². The van der Waals surface area contributed by atoms with Gasteiger partial charge in [-0.15, -0.1) is 11.3 Å². The maximum atomic E-state index is 18.0. The van der Waals surface area contributed by atoms with Crippen molar-refractivity contribution in [3.8, 4) is 12.1 Å². The summed E-state index contributed by atoms with van der Waals surface area (Å²) in [4.78, 5) is 17.2. The minimum Gasteiger partial charge on any atom is -0.463 e. The highest BCUT2D eigenvalue weighted by molar-refractivity contribution is 7.17. The summed E-state index contributed by atoms with van der Waals surface area (Å²) in [5.74, 6) is -0.504. The number of nitrogen functional groups attached to an aromatic ring is 1. The number of rotatable bonds is 12. The number of hydrogen-bond acceptors (Lipinski definition) is 12. The molecule has 3 aromatic rings. The highest BCUT2D eigenvalue weighted by Gasteiger charge is 2.43. The maximum absolute atomic E-state index is 18.0. The standard InChI is InChI=1S/C41H53F2N7O4S/c1-7-23(3)31(33-27(15-44)38(45)55-37(33)30(42)8-2)32-28-19-53-20-29(28)34-36(35(32)43)46-40(54-22-41(5,6)21-48-11-13-52-14-12-48)47-39(34)50-25-9-10-26(50)18-49(17-25)16-24(4)51/h8,24-26,51H,7,9-14,16-22,45H2,1-6H3/b30-8+,31-23?. The van der Waals surface area contributed by atoms with Gasteiger partial charge in [0.1, 0.15) is 28.2 Å². The van der Waals surface area contributed by atoms with E-state index in [1.807, 2.05) is 20.8 Å². The van der Waals surface area contributed by atoms with E-state index in [0.29, 0.717) is 55.1 Å². The number of nitrogens with two attached hydrogens (primary N) is 1. The smallest absolute Gasteiger partial charge is 0.319 e. The number of nitriles is 1. The molecule has 2 aromatic heterocycles. The van der Waals surface area contributed by atoms with Gasteiger partial charge in [-0.3, -0.25) is 9.80 Å². The highest BCUT2D eigenvalue weighted by atomic mass is 32.1. The molecular weight excluding hydrogens is 725 g/mol. The molecule has 55 heavy (non-hydrogen) atoms. The molecule has 4 aliphatic rings. The van der Waals surface area contributed by atoms with Crippen molar-refractivity contribution in [1.82, 2.24) is 19.8 Å². The van der Waals surface area contributed by atoms with Crippen LogP contribution in [-0.2, 0) is 22.7 Å². The average Bonchev–Trinajstić information content (AvgIpc) is 3.85. The SMILES string of the molecule is C/C=C(/F)c1sc(N)c(C#N)c1C(=C(C)CC)c1c2c(c3c(N4C5CCC4CN(CC(C)O)C5)nc(OCC(C)(C)CN4CCOCC4)nc3c1F)COC2. The Bertz CT molecular complexity index is 2040. The number of aliphatic hydroxyl groups is 1. The third-order valence-electron chi connectivity index (χ3n) is 11.4. The van der Waals surface area contributed by atoms with Gasteiger partial charge in [-0.25, -0.2) is 8.78 Å². The molecule has 3 saturated heterocycles. The second-order valence-corrected chi connectivity index (χ2v) is 17.2. The van der Waals surface area contributed by atoms with Crippen LogP contribution in [0.4, 0.5) is 19.6 Å². The van der Waals surface area contributed by atoms with E-state index >= 15 is 8.78 Å². The predicted octanol–water partition coefficient (Wildman–Crippen LogP) is 6.65.